The van der Waals surface area contributed by atoms with Crippen LogP contribution in [-0.2, 0) is 0 Å². The van der Waals surface area contributed by atoms with Crippen LogP contribution in [0.15, 0.2) is 18.2 Å². The molecule has 2 N–H and O–H groups in total. The van der Waals surface area contributed by atoms with Gasteiger partial charge < -0.3 is 10.5 Å². The highest BCUT2D eigenvalue weighted by atomic mass is 16.5. The minimum atomic E-state index is 0.479. The van der Waals surface area contributed by atoms with Crippen LogP contribution >= 0.6 is 0 Å². The molecule has 1 fully saturated rings. The lowest BCUT2D eigenvalue weighted by Crippen LogP contribution is -2.30. The molecular formula is C13H18N2O. The van der Waals surface area contributed by atoms with Crippen molar-refractivity contribution in [3.05, 3.63) is 23.8 Å². The summed E-state index contributed by atoms with van der Waals surface area (Å²) >= 11 is 0. The Morgan fingerprint density at radius 3 is 2.88 bits per heavy atom. The van der Waals surface area contributed by atoms with Crippen LogP contribution in [0.25, 0.3) is 0 Å². The molecule has 0 amide bonds. The van der Waals surface area contributed by atoms with Crippen molar-refractivity contribution in [3.8, 4) is 5.75 Å². The second kappa shape index (κ2) is 3.98. The summed E-state index contributed by atoms with van der Waals surface area (Å²) in [5, 5.41) is 0. The third-order valence-corrected chi connectivity index (χ3v) is 3.66. The van der Waals surface area contributed by atoms with Crippen molar-refractivity contribution in [2.75, 3.05) is 25.4 Å². The largest absolute Gasteiger partial charge is 0.493 e. The summed E-state index contributed by atoms with van der Waals surface area (Å²) in [6.45, 7) is 3.23. The van der Waals surface area contributed by atoms with Crippen molar-refractivity contribution in [3.63, 3.8) is 0 Å². The Morgan fingerprint density at radius 2 is 2.06 bits per heavy atom. The van der Waals surface area contributed by atoms with E-state index < -0.39 is 0 Å². The highest BCUT2D eigenvalue weighted by molar-refractivity contribution is 5.56. The molecule has 3 nitrogen and oxygen atoms in total. The Labute approximate surface area is 96.2 Å². The zero-order valence-corrected chi connectivity index (χ0v) is 9.48. The first-order chi connectivity index (χ1) is 7.86. The second-order valence-electron chi connectivity index (χ2n) is 4.66. The van der Waals surface area contributed by atoms with Gasteiger partial charge in [-0.05, 0) is 38.1 Å². The van der Waals surface area contributed by atoms with Gasteiger partial charge in [-0.1, -0.05) is 6.07 Å². The minimum Gasteiger partial charge on any atom is -0.493 e. The Hall–Kier alpha value is -1.22. The van der Waals surface area contributed by atoms with Crippen LogP contribution in [0.3, 0.4) is 0 Å². The summed E-state index contributed by atoms with van der Waals surface area (Å²) in [5.74, 6) is 0.989. The van der Waals surface area contributed by atoms with Gasteiger partial charge in [-0.2, -0.15) is 0 Å². The number of hydrogen-bond acceptors (Lipinski definition) is 3. The van der Waals surface area contributed by atoms with E-state index >= 15 is 0 Å². The van der Waals surface area contributed by atoms with E-state index in [9.17, 15) is 0 Å². The van der Waals surface area contributed by atoms with Gasteiger partial charge in [-0.15, -0.1) is 0 Å². The van der Waals surface area contributed by atoms with Gasteiger partial charge in [0.2, 0.25) is 0 Å². The summed E-state index contributed by atoms with van der Waals surface area (Å²) in [5.41, 5.74) is 8.19. The molecule has 0 spiro atoms. The molecule has 0 aromatic heterocycles. The lowest BCUT2D eigenvalue weighted by molar-refractivity contribution is 0.166. The van der Waals surface area contributed by atoms with Crippen molar-refractivity contribution >= 4 is 5.69 Å². The molecule has 2 aliphatic heterocycles. The summed E-state index contributed by atoms with van der Waals surface area (Å²) in [6, 6.07) is 6.47. The number of nitrogens with zero attached hydrogens (tertiary/aromatic N) is 1. The standard InChI is InChI=1S/C13H18N2O/c14-10-4-3-5-12-13(10)11(6-9-16-12)15-7-1-2-8-15/h3-5,11H,1-2,6-9,14H2. The van der Waals surface area contributed by atoms with Gasteiger partial charge in [0.05, 0.1) is 6.61 Å². The van der Waals surface area contributed by atoms with E-state index in [0.29, 0.717) is 6.04 Å². The summed E-state index contributed by atoms with van der Waals surface area (Å²) in [6.07, 6.45) is 3.71. The molecule has 1 saturated heterocycles. The Kier molecular flexibility index (Phi) is 2.48. The number of likely N-dealkylation sites (tertiary alicyclic amines) is 1. The number of hydrogen-bond donors (Lipinski definition) is 1. The van der Waals surface area contributed by atoms with Gasteiger partial charge in [-0.25, -0.2) is 0 Å². The monoisotopic (exact) mass is 218 g/mol. The second-order valence-corrected chi connectivity index (χ2v) is 4.66. The van der Waals surface area contributed by atoms with Crippen molar-refractivity contribution in [2.45, 2.75) is 25.3 Å². The molecule has 0 saturated carbocycles. The van der Waals surface area contributed by atoms with Crippen molar-refractivity contribution in [1.29, 1.82) is 0 Å². The predicted octanol–water partition coefficient (Wildman–Crippen LogP) is 2.19. The van der Waals surface area contributed by atoms with Crippen LogP contribution in [0.1, 0.15) is 30.9 Å². The van der Waals surface area contributed by atoms with Gasteiger partial charge >= 0.3 is 0 Å². The van der Waals surface area contributed by atoms with Crippen molar-refractivity contribution in [1.82, 2.24) is 4.90 Å². The first-order valence-corrected chi connectivity index (χ1v) is 6.11. The average Bonchev–Trinajstić information content (AvgIpc) is 2.82. The number of benzene rings is 1. The molecule has 0 aliphatic carbocycles. The van der Waals surface area contributed by atoms with E-state index in [-0.39, 0.29) is 0 Å². The lowest BCUT2D eigenvalue weighted by Gasteiger charge is -2.33. The van der Waals surface area contributed by atoms with Crippen molar-refractivity contribution < 1.29 is 4.74 Å². The smallest absolute Gasteiger partial charge is 0.126 e. The molecule has 3 heteroatoms. The highest BCUT2D eigenvalue weighted by Crippen LogP contribution is 2.40. The zero-order chi connectivity index (χ0) is 11.0. The topological polar surface area (TPSA) is 38.5 Å². The molecule has 1 unspecified atom stereocenters. The fourth-order valence-electron chi connectivity index (χ4n) is 2.89. The number of nitrogen functional groups attached to an aromatic ring is 1. The van der Waals surface area contributed by atoms with E-state index in [2.05, 4.69) is 4.90 Å². The molecule has 1 aromatic rings. The SMILES string of the molecule is Nc1cccc2c1C(N1CCCC1)CCO2. The lowest BCUT2D eigenvalue weighted by atomic mass is 9.97. The number of anilines is 1. The molecule has 1 atom stereocenters. The van der Waals surface area contributed by atoms with Gasteiger partial charge in [0.15, 0.2) is 0 Å². The predicted molar refractivity (Wildman–Crippen MR) is 64.5 cm³/mol. The van der Waals surface area contributed by atoms with Crippen LogP contribution in [0.2, 0.25) is 0 Å². The molecule has 2 aliphatic rings. The average molecular weight is 218 g/mol. The summed E-state index contributed by atoms with van der Waals surface area (Å²) in [4.78, 5) is 2.55. The third-order valence-electron chi connectivity index (χ3n) is 3.66. The van der Waals surface area contributed by atoms with E-state index in [1.807, 2.05) is 18.2 Å². The van der Waals surface area contributed by atoms with Gasteiger partial charge in [-0.3, -0.25) is 4.90 Å². The van der Waals surface area contributed by atoms with E-state index in [0.717, 1.165) is 24.5 Å². The quantitative estimate of drug-likeness (QED) is 0.734. The van der Waals surface area contributed by atoms with Crippen LogP contribution in [0, 0.1) is 0 Å². The van der Waals surface area contributed by atoms with Crippen molar-refractivity contribution in [2.24, 2.45) is 0 Å². The number of nitrogens with two attached hydrogens (primary N) is 1. The van der Waals surface area contributed by atoms with Gasteiger partial charge in [0.25, 0.3) is 0 Å². The van der Waals surface area contributed by atoms with Crippen LogP contribution in [0.5, 0.6) is 5.75 Å². The Morgan fingerprint density at radius 1 is 1.25 bits per heavy atom. The first kappa shape index (κ1) is 9.97. The molecule has 0 radical (unpaired) electrons. The maximum absolute atomic E-state index is 6.09. The zero-order valence-electron chi connectivity index (χ0n) is 9.48. The molecule has 16 heavy (non-hydrogen) atoms. The maximum atomic E-state index is 6.09. The fraction of sp³-hybridized carbons (Fsp3) is 0.538. The number of fused-ring (bicyclic) bond motifs is 1. The molecule has 0 bridgehead atoms. The molecule has 3 rings (SSSR count). The molecular weight excluding hydrogens is 200 g/mol. The first-order valence-electron chi connectivity index (χ1n) is 6.11. The van der Waals surface area contributed by atoms with Crippen LogP contribution < -0.4 is 10.5 Å². The maximum Gasteiger partial charge on any atom is 0.126 e. The van der Waals surface area contributed by atoms with Crippen LogP contribution in [-0.4, -0.2) is 24.6 Å². The molecule has 2 heterocycles. The highest BCUT2D eigenvalue weighted by Gasteiger charge is 2.30. The van der Waals surface area contributed by atoms with E-state index in [1.54, 1.807) is 0 Å². The fourth-order valence-corrected chi connectivity index (χ4v) is 2.89. The molecule has 1 aromatic carbocycles. The van der Waals surface area contributed by atoms with Gasteiger partial charge in [0.1, 0.15) is 5.75 Å². The van der Waals surface area contributed by atoms with E-state index in [1.165, 1.54) is 31.5 Å². The third kappa shape index (κ3) is 1.55. The Balaban J connectivity index is 1.98. The summed E-state index contributed by atoms with van der Waals surface area (Å²) < 4.78 is 5.69. The normalized spacial score (nSPS) is 25.1. The Bertz CT molecular complexity index is 386. The number of ether oxygens (including phenoxy) is 1. The molecule has 86 valence electrons. The van der Waals surface area contributed by atoms with Gasteiger partial charge in [0, 0.05) is 23.7 Å². The summed E-state index contributed by atoms with van der Waals surface area (Å²) in [7, 11) is 0. The van der Waals surface area contributed by atoms with Crippen LogP contribution in [0.4, 0.5) is 5.69 Å². The number of rotatable bonds is 1. The van der Waals surface area contributed by atoms with E-state index in [4.69, 9.17) is 10.5 Å². The minimum absolute atomic E-state index is 0.479.